The largest absolute Gasteiger partial charge is 0.365 e. The quantitative estimate of drug-likeness (QED) is 0.542. The first-order chi connectivity index (χ1) is 6.36. The standard InChI is InChI=1S/C9H16INOS/c10-9-7-11(3-4-12-9)8-1-5-13-6-2-8/h8-9H,1-7H2. The fourth-order valence-corrected chi connectivity index (χ4v) is 3.85. The minimum absolute atomic E-state index is 0.418. The lowest BCUT2D eigenvalue weighted by molar-refractivity contribution is 0.00512. The molecule has 2 aliphatic rings. The predicted octanol–water partition coefficient (Wildman–Crippen LogP) is 1.98. The number of halogens is 1. The van der Waals surface area contributed by atoms with Crippen LogP contribution in [0, 0.1) is 0 Å². The van der Waals surface area contributed by atoms with Gasteiger partial charge in [-0.2, -0.15) is 11.8 Å². The molecule has 2 rings (SSSR count). The third-order valence-electron chi connectivity index (χ3n) is 2.76. The second-order valence-electron chi connectivity index (χ2n) is 3.62. The Labute approximate surface area is 97.9 Å². The van der Waals surface area contributed by atoms with Gasteiger partial charge >= 0.3 is 0 Å². The first-order valence-electron chi connectivity index (χ1n) is 4.94. The smallest absolute Gasteiger partial charge is 0.121 e. The summed E-state index contributed by atoms with van der Waals surface area (Å²) in [5, 5.41) is 0. The van der Waals surface area contributed by atoms with E-state index in [0.29, 0.717) is 4.11 Å². The van der Waals surface area contributed by atoms with Crippen LogP contribution in [0.15, 0.2) is 0 Å². The number of ether oxygens (including phenoxy) is 1. The summed E-state index contributed by atoms with van der Waals surface area (Å²) in [7, 11) is 0. The molecule has 76 valence electrons. The zero-order valence-electron chi connectivity index (χ0n) is 7.75. The number of hydrogen-bond acceptors (Lipinski definition) is 3. The van der Waals surface area contributed by atoms with Crippen LogP contribution in [-0.4, -0.2) is 46.3 Å². The van der Waals surface area contributed by atoms with Crippen LogP contribution in [0.5, 0.6) is 0 Å². The van der Waals surface area contributed by atoms with Gasteiger partial charge in [-0.05, 0) is 46.9 Å². The third kappa shape index (κ3) is 2.97. The van der Waals surface area contributed by atoms with Crippen molar-refractivity contribution in [2.75, 3.05) is 31.2 Å². The van der Waals surface area contributed by atoms with E-state index in [4.69, 9.17) is 4.74 Å². The molecule has 1 unspecified atom stereocenters. The normalized spacial score (nSPS) is 33.5. The minimum atomic E-state index is 0.418. The molecule has 2 fully saturated rings. The van der Waals surface area contributed by atoms with Gasteiger partial charge in [-0.25, -0.2) is 0 Å². The Kier molecular flexibility index (Phi) is 4.19. The summed E-state index contributed by atoms with van der Waals surface area (Å²) in [6.45, 7) is 3.21. The van der Waals surface area contributed by atoms with Crippen molar-refractivity contribution in [1.82, 2.24) is 4.90 Å². The van der Waals surface area contributed by atoms with Crippen LogP contribution in [0.25, 0.3) is 0 Å². The molecule has 2 heterocycles. The molecule has 2 nitrogen and oxygen atoms in total. The maximum atomic E-state index is 5.54. The maximum Gasteiger partial charge on any atom is 0.121 e. The van der Waals surface area contributed by atoms with Gasteiger partial charge in [-0.15, -0.1) is 0 Å². The number of hydrogen-bond donors (Lipinski definition) is 0. The fourth-order valence-electron chi connectivity index (χ4n) is 2.01. The van der Waals surface area contributed by atoms with Crippen LogP contribution in [0.2, 0.25) is 0 Å². The fraction of sp³-hybridized carbons (Fsp3) is 1.00. The molecule has 0 bridgehead atoms. The molecule has 2 aliphatic heterocycles. The lowest BCUT2D eigenvalue weighted by atomic mass is 10.1. The number of thioether (sulfide) groups is 1. The van der Waals surface area contributed by atoms with Crippen molar-refractivity contribution >= 4 is 34.4 Å². The molecule has 4 heteroatoms. The second kappa shape index (κ2) is 5.19. The van der Waals surface area contributed by atoms with Crippen molar-refractivity contribution in [2.24, 2.45) is 0 Å². The van der Waals surface area contributed by atoms with E-state index in [1.807, 2.05) is 0 Å². The highest BCUT2D eigenvalue weighted by atomic mass is 127. The Bertz CT molecular complexity index is 164. The van der Waals surface area contributed by atoms with Gasteiger partial charge in [0.1, 0.15) is 4.11 Å². The van der Waals surface area contributed by atoms with Gasteiger partial charge in [0.25, 0.3) is 0 Å². The summed E-state index contributed by atoms with van der Waals surface area (Å²) in [6, 6.07) is 0.849. The molecule has 0 saturated carbocycles. The topological polar surface area (TPSA) is 12.5 Å². The Hall–Kier alpha value is 1.00. The Balaban J connectivity index is 1.83. The van der Waals surface area contributed by atoms with Gasteiger partial charge in [0.2, 0.25) is 0 Å². The van der Waals surface area contributed by atoms with Crippen LogP contribution < -0.4 is 0 Å². The first-order valence-corrected chi connectivity index (χ1v) is 7.34. The average Bonchev–Trinajstić information content (AvgIpc) is 2.19. The van der Waals surface area contributed by atoms with Crippen molar-refractivity contribution in [3.8, 4) is 0 Å². The molecule has 0 spiro atoms. The summed E-state index contributed by atoms with van der Waals surface area (Å²) >= 11 is 4.50. The van der Waals surface area contributed by atoms with Crippen LogP contribution in [0.1, 0.15) is 12.8 Å². The van der Waals surface area contributed by atoms with Crippen molar-refractivity contribution in [3.05, 3.63) is 0 Å². The molecule has 0 radical (unpaired) electrons. The maximum absolute atomic E-state index is 5.54. The highest BCUT2D eigenvalue weighted by molar-refractivity contribution is 14.1. The van der Waals surface area contributed by atoms with Crippen molar-refractivity contribution in [1.29, 1.82) is 0 Å². The molecule has 1 atom stereocenters. The molecule has 0 aromatic rings. The van der Waals surface area contributed by atoms with E-state index in [2.05, 4.69) is 39.3 Å². The van der Waals surface area contributed by atoms with E-state index >= 15 is 0 Å². The summed E-state index contributed by atoms with van der Waals surface area (Å²) in [4.78, 5) is 2.63. The van der Waals surface area contributed by atoms with Gasteiger partial charge in [-0.3, -0.25) is 4.90 Å². The molecule has 2 saturated heterocycles. The van der Waals surface area contributed by atoms with Crippen LogP contribution in [0.3, 0.4) is 0 Å². The van der Waals surface area contributed by atoms with E-state index in [1.54, 1.807) is 0 Å². The van der Waals surface area contributed by atoms with Gasteiger partial charge in [-0.1, -0.05) is 0 Å². The highest BCUT2D eigenvalue weighted by Gasteiger charge is 2.25. The number of morpholine rings is 1. The van der Waals surface area contributed by atoms with E-state index < -0.39 is 0 Å². The van der Waals surface area contributed by atoms with Gasteiger partial charge < -0.3 is 4.74 Å². The number of nitrogens with zero attached hydrogens (tertiary/aromatic N) is 1. The summed E-state index contributed by atoms with van der Waals surface area (Å²) in [5.41, 5.74) is 0. The Morgan fingerprint density at radius 3 is 2.77 bits per heavy atom. The highest BCUT2D eigenvalue weighted by Crippen LogP contribution is 2.24. The molecule has 0 amide bonds. The monoisotopic (exact) mass is 313 g/mol. The molecular formula is C9H16INOS. The van der Waals surface area contributed by atoms with E-state index in [-0.39, 0.29) is 0 Å². The van der Waals surface area contributed by atoms with Crippen LogP contribution in [-0.2, 0) is 4.74 Å². The Morgan fingerprint density at radius 2 is 2.08 bits per heavy atom. The average molecular weight is 313 g/mol. The zero-order valence-corrected chi connectivity index (χ0v) is 10.7. The SMILES string of the molecule is IC1CN(C2CCSCC2)CCO1. The molecule has 13 heavy (non-hydrogen) atoms. The van der Waals surface area contributed by atoms with E-state index in [9.17, 15) is 0 Å². The van der Waals surface area contributed by atoms with Crippen molar-refractivity contribution < 1.29 is 4.74 Å². The molecule has 0 aromatic heterocycles. The molecule has 0 aromatic carbocycles. The van der Waals surface area contributed by atoms with E-state index in [0.717, 1.165) is 25.7 Å². The molecule has 0 aliphatic carbocycles. The zero-order chi connectivity index (χ0) is 9.10. The number of alkyl halides is 1. The van der Waals surface area contributed by atoms with E-state index in [1.165, 1.54) is 24.3 Å². The van der Waals surface area contributed by atoms with Crippen LogP contribution >= 0.6 is 34.4 Å². The Morgan fingerprint density at radius 1 is 1.31 bits per heavy atom. The molecular weight excluding hydrogens is 297 g/mol. The summed E-state index contributed by atoms with van der Waals surface area (Å²) < 4.78 is 5.96. The lowest BCUT2D eigenvalue weighted by Crippen LogP contribution is -2.47. The minimum Gasteiger partial charge on any atom is -0.365 e. The van der Waals surface area contributed by atoms with Gasteiger partial charge in [0.15, 0.2) is 0 Å². The summed E-state index contributed by atoms with van der Waals surface area (Å²) in [6.07, 6.45) is 2.77. The third-order valence-corrected chi connectivity index (χ3v) is 4.56. The van der Waals surface area contributed by atoms with Gasteiger partial charge in [0.05, 0.1) is 6.61 Å². The van der Waals surface area contributed by atoms with Crippen molar-refractivity contribution in [2.45, 2.75) is 23.0 Å². The van der Waals surface area contributed by atoms with Gasteiger partial charge in [0, 0.05) is 19.1 Å². The predicted molar refractivity (Wildman–Crippen MR) is 65.7 cm³/mol. The van der Waals surface area contributed by atoms with Crippen LogP contribution in [0.4, 0.5) is 0 Å². The lowest BCUT2D eigenvalue weighted by Gasteiger charge is -2.38. The summed E-state index contributed by atoms with van der Waals surface area (Å²) in [5.74, 6) is 2.71. The van der Waals surface area contributed by atoms with Crippen molar-refractivity contribution in [3.63, 3.8) is 0 Å². The second-order valence-corrected chi connectivity index (χ2v) is 6.23. The first kappa shape index (κ1) is 10.5. The number of rotatable bonds is 1. The molecule has 0 N–H and O–H groups in total.